The van der Waals surface area contributed by atoms with Crippen LogP contribution in [0.1, 0.15) is 33.1 Å². The van der Waals surface area contributed by atoms with Crippen LogP contribution >= 0.6 is 0 Å². The van der Waals surface area contributed by atoms with E-state index in [1.807, 2.05) is 24.7 Å². The molecule has 1 saturated carbocycles. The summed E-state index contributed by atoms with van der Waals surface area (Å²) in [4.78, 5) is 28.1. The third-order valence-corrected chi connectivity index (χ3v) is 6.31. The van der Waals surface area contributed by atoms with Crippen LogP contribution in [-0.4, -0.2) is 65.4 Å². The van der Waals surface area contributed by atoms with Gasteiger partial charge < -0.3 is 25.4 Å². The monoisotopic (exact) mass is 402 g/mol. The molecule has 3 amide bonds. The van der Waals surface area contributed by atoms with E-state index in [2.05, 4.69) is 10.6 Å². The number of rotatable bonds is 4. The molecule has 0 radical (unpaired) electrons. The molecular formula is C21H30N4O4. The van der Waals surface area contributed by atoms with Gasteiger partial charge in [0.1, 0.15) is 6.61 Å². The summed E-state index contributed by atoms with van der Waals surface area (Å²) in [6, 6.07) is -0.0594. The SMILES string of the molecule is CC(C)(O)COC(=O)N1CCC2(CC1)CC2CNC(=O)N1C=C2C=CNC=C2C1. The number of hydrogen-bond acceptors (Lipinski definition) is 5. The van der Waals surface area contributed by atoms with E-state index in [4.69, 9.17) is 4.74 Å². The lowest BCUT2D eigenvalue weighted by Gasteiger charge is -2.33. The third-order valence-electron chi connectivity index (χ3n) is 6.31. The molecule has 8 nitrogen and oxygen atoms in total. The molecule has 1 spiro atoms. The zero-order valence-electron chi connectivity index (χ0n) is 17.1. The molecule has 2 fully saturated rings. The van der Waals surface area contributed by atoms with Crippen LogP contribution in [0.25, 0.3) is 0 Å². The molecule has 4 aliphatic rings. The maximum absolute atomic E-state index is 12.5. The molecule has 29 heavy (non-hydrogen) atoms. The largest absolute Gasteiger partial charge is 0.446 e. The number of urea groups is 1. The van der Waals surface area contributed by atoms with Gasteiger partial charge in [-0.15, -0.1) is 0 Å². The molecule has 1 aliphatic carbocycles. The zero-order valence-corrected chi connectivity index (χ0v) is 17.1. The second-order valence-corrected chi connectivity index (χ2v) is 9.19. The minimum absolute atomic E-state index is 0.00243. The van der Waals surface area contributed by atoms with Crippen LogP contribution in [0, 0.1) is 11.3 Å². The fraction of sp³-hybridized carbons (Fsp3) is 0.619. The van der Waals surface area contributed by atoms with E-state index < -0.39 is 5.60 Å². The van der Waals surface area contributed by atoms with Gasteiger partial charge in [0.2, 0.25) is 0 Å². The number of likely N-dealkylation sites (tertiary alicyclic amines) is 1. The first-order valence-electron chi connectivity index (χ1n) is 10.3. The molecule has 0 aromatic rings. The molecule has 1 unspecified atom stereocenters. The van der Waals surface area contributed by atoms with Crippen LogP contribution in [0.2, 0.25) is 0 Å². The number of carbonyl (C=O) groups excluding carboxylic acids is 2. The van der Waals surface area contributed by atoms with E-state index in [9.17, 15) is 14.7 Å². The molecule has 3 heterocycles. The number of allylic oxidation sites excluding steroid dienone is 1. The molecule has 0 aromatic heterocycles. The molecule has 8 heteroatoms. The Bertz CT molecular complexity index is 772. The van der Waals surface area contributed by atoms with Crippen molar-refractivity contribution >= 4 is 12.1 Å². The normalized spacial score (nSPS) is 24.4. The number of piperidine rings is 1. The van der Waals surface area contributed by atoms with Crippen molar-refractivity contribution in [3.8, 4) is 0 Å². The second kappa shape index (κ2) is 7.40. The Balaban J connectivity index is 1.19. The Morgan fingerprint density at radius 1 is 1.38 bits per heavy atom. The summed E-state index contributed by atoms with van der Waals surface area (Å²) in [5, 5.41) is 15.8. The van der Waals surface area contributed by atoms with Gasteiger partial charge >= 0.3 is 12.1 Å². The van der Waals surface area contributed by atoms with E-state index in [1.54, 1.807) is 23.6 Å². The number of ether oxygens (including phenoxy) is 1. The summed E-state index contributed by atoms with van der Waals surface area (Å²) in [7, 11) is 0. The fourth-order valence-electron chi connectivity index (χ4n) is 4.38. The minimum Gasteiger partial charge on any atom is -0.446 e. The number of dihydropyridines is 1. The van der Waals surface area contributed by atoms with Crippen molar-refractivity contribution in [2.45, 2.75) is 38.7 Å². The second-order valence-electron chi connectivity index (χ2n) is 9.19. The number of amides is 3. The first kappa shape index (κ1) is 19.8. The van der Waals surface area contributed by atoms with Crippen LogP contribution < -0.4 is 10.6 Å². The highest BCUT2D eigenvalue weighted by atomic mass is 16.6. The summed E-state index contributed by atoms with van der Waals surface area (Å²) in [5.74, 6) is 0.472. The molecule has 0 aromatic carbocycles. The van der Waals surface area contributed by atoms with Crippen LogP contribution in [0.3, 0.4) is 0 Å². The highest BCUT2D eigenvalue weighted by Gasteiger charge is 2.55. The minimum atomic E-state index is -1.02. The number of fused-ring (bicyclic) bond motifs is 1. The topological polar surface area (TPSA) is 94.1 Å². The van der Waals surface area contributed by atoms with Gasteiger partial charge in [-0.25, -0.2) is 9.59 Å². The average molecular weight is 402 g/mol. The van der Waals surface area contributed by atoms with E-state index in [0.29, 0.717) is 32.1 Å². The Morgan fingerprint density at radius 2 is 2.14 bits per heavy atom. The summed E-state index contributed by atoms with van der Waals surface area (Å²) >= 11 is 0. The van der Waals surface area contributed by atoms with Crippen molar-refractivity contribution in [2.24, 2.45) is 11.3 Å². The molecule has 1 atom stereocenters. The Kier molecular flexibility index (Phi) is 5.06. The Labute approximate surface area is 171 Å². The van der Waals surface area contributed by atoms with Gasteiger partial charge in [0.05, 0.1) is 12.1 Å². The molecule has 1 saturated heterocycles. The number of nitrogens with zero attached hydrogens (tertiary/aromatic N) is 2. The number of aliphatic hydroxyl groups is 1. The molecule has 4 rings (SSSR count). The summed E-state index contributed by atoms with van der Waals surface area (Å²) in [6.07, 6.45) is 10.3. The lowest BCUT2D eigenvalue weighted by Crippen LogP contribution is -2.42. The average Bonchev–Trinajstić information content (AvgIpc) is 3.16. The van der Waals surface area contributed by atoms with Gasteiger partial charge in [0, 0.05) is 38.2 Å². The van der Waals surface area contributed by atoms with Crippen molar-refractivity contribution in [1.29, 1.82) is 0 Å². The van der Waals surface area contributed by atoms with E-state index in [1.165, 1.54) is 0 Å². The molecule has 158 valence electrons. The zero-order chi connectivity index (χ0) is 20.6. The number of carbonyl (C=O) groups is 2. The molecule has 0 bridgehead atoms. The highest BCUT2D eigenvalue weighted by Crippen LogP contribution is 2.59. The first-order valence-corrected chi connectivity index (χ1v) is 10.3. The Morgan fingerprint density at radius 3 is 2.83 bits per heavy atom. The van der Waals surface area contributed by atoms with Gasteiger partial charge in [-0.05, 0) is 61.7 Å². The van der Waals surface area contributed by atoms with Crippen LogP contribution in [0.5, 0.6) is 0 Å². The van der Waals surface area contributed by atoms with Crippen LogP contribution in [0.15, 0.2) is 35.8 Å². The quantitative estimate of drug-likeness (QED) is 0.668. The summed E-state index contributed by atoms with van der Waals surface area (Å²) in [5.41, 5.74) is 1.42. The van der Waals surface area contributed by atoms with Crippen LogP contribution in [-0.2, 0) is 4.74 Å². The maximum Gasteiger partial charge on any atom is 0.409 e. The fourth-order valence-corrected chi connectivity index (χ4v) is 4.38. The summed E-state index contributed by atoms with van der Waals surface area (Å²) in [6.45, 7) is 5.83. The van der Waals surface area contributed by atoms with E-state index in [0.717, 1.165) is 30.4 Å². The Hall–Kier alpha value is -2.48. The smallest absolute Gasteiger partial charge is 0.409 e. The molecular weight excluding hydrogens is 372 g/mol. The predicted molar refractivity (Wildman–Crippen MR) is 108 cm³/mol. The lowest BCUT2D eigenvalue weighted by molar-refractivity contribution is -0.00715. The third kappa shape index (κ3) is 4.42. The molecule has 3 aliphatic heterocycles. The standard InChI is InChI=1S/C21H30N4O4/c1-20(2,28)14-29-19(27)24-7-4-21(5-8-24)9-17(21)11-23-18(26)25-12-15-3-6-22-10-16(15)13-25/h3,6,10,12,17,22,28H,4-5,7-9,11,13-14H2,1-2H3,(H,23,26). The van der Waals surface area contributed by atoms with E-state index >= 15 is 0 Å². The van der Waals surface area contributed by atoms with Crippen molar-refractivity contribution in [2.75, 3.05) is 32.8 Å². The maximum atomic E-state index is 12.5. The van der Waals surface area contributed by atoms with Gasteiger partial charge in [0.15, 0.2) is 0 Å². The van der Waals surface area contributed by atoms with Gasteiger partial charge in [-0.1, -0.05) is 0 Å². The number of hydrogen-bond donors (Lipinski definition) is 3. The van der Waals surface area contributed by atoms with Gasteiger partial charge in [-0.3, -0.25) is 4.90 Å². The van der Waals surface area contributed by atoms with Crippen molar-refractivity contribution in [3.05, 3.63) is 35.8 Å². The van der Waals surface area contributed by atoms with Crippen LogP contribution in [0.4, 0.5) is 9.59 Å². The summed E-state index contributed by atoms with van der Waals surface area (Å²) < 4.78 is 5.19. The highest BCUT2D eigenvalue weighted by molar-refractivity contribution is 5.77. The molecule has 3 N–H and O–H groups in total. The van der Waals surface area contributed by atoms with E-state index in [-0.39, 0.29) is 24.1 Å². The van der Waals surface area contributed by atoms with Crippen molar-refractivity contribution < 1.29 is 19.4 Å². The van der Waals surface area contributed by atoms with Crippen molar-refractivity contribution in [1.82, 2.24) is 20.4 Å². The lowest BCUT2D eigenvalue weighted by atomic mass is 9.91. The van der Waals surface area contributed by atoms with Gasteiger partial charge in [-0.2, -0.15) is 0 Å². The number of nitrogens with one attached hydrogen (secondary N) is 2. The van der Waals surface area contributed by atoms with Crippen molar-refractivity contribution in [3.63, 3.8) is 0 Å². The van der Waals surface area contributed by atoms with Gasteiger partial charge in [0.25, 0.3) is 0 Å². The predicted octanol–water partition coefficient (Wildman–Crippen LogP) is 1.91. The first-order chi connectivity index (χ1) is 13.8.